The minimum atomic E-state index is -1.57. The third-order valence-electron chi connectivity index (χ3n) is 12.6. The summed E-state index contributed by atoms with van der Waals surface area (Å²) >= 11 is 2.78. The Hall–Kier alpha value is -6.23. The van der Waals surface area contributed by atoms with Crippen LogP contribution in [0.25, 0.3) is 0 Å². The number of amides is 10. The maximum absolute atomic E-state index is 14.5. The number of unbranched alkanes of at least 4 members (excludes halogenated alkanes) is 2. The Balaban J connectivity index is 3.56. The van der Waals surface area contributed by atoms with Gasteiger partial charge >= 0.3 is 0 Å². The highest BCUT2D eigenvalue weighted by Gasteiger charge is 2.35. The van der Waals surface area contributed by atoms with Gasteiger partial charge in [-0.2, -0.15) is 23.5 Å². The first-order valence-electron chi connectivity index (χ1n) is 26.6. The normalized spacial score (nSPS) is 14.8. The van der Waals surface area contributed by atoms with E-state index in [1.54, 1.807) is 43.5 Å². The summed E-state index contributed by atoms with van der Waals surface area (Å²) in [6, 6.07) is -2.41. The Morgan fingerprint density at radius 2 is 0.949 bits per heavy atom. The van der Waals surface area contributed by atoms with Gasteiger partial charge in [-0.1, -0.05) is 50.6 Å². The van der Waals surface area contributed by atoms with Crippen LogP contribution in [0.2, 0.25) is 0 Å². The van der Waals surface area contributed by atoms with Crippen molar-refractivity contribution in [3.05, 3.63) is 35.9 Å². The molecule has 0 aliphatic rings. The molecule has 0 heterocycles. The van der Waals surface area contributed by atoms with E-state index in [2.05, 4.69) is 52.8 Å². The van der Waals surface area contributed by atoms with Crippen LogP contribution < -0.4 is 76.5 Å². The Kier molecular flexibility index (Phi) is 35.9. The summed E-state index contributed by atoms with van der Waals surface area (Å²) in [6.45, 7) is 6.13. The predicted octanol–water partition coefficient (Wildman–Crippen LogP) is -3.03. The van der Waals surface area contributed by atoms with E-state index in [4.69, 9.17) is 28.7 Å². The van der Waals surface area contributed by atoms with E-state index in [1.807, 2.05) is 13.2 Å². The summed E-state index contributed by atoms with van der Waals surface area (Å²) in [5.74, 6) is -7.11. The van der Waals surface area contributed by atoms with Gasteiger partial charge in [-0.25, -0.2) is 0 Å². The van der Waals surface area contributed by atoms with Gasteiger partial charge in [-0.3, -0.25) is 52.9 Å². The van der Waals surface area contributed by atoms with E-state index in [0.29, 0.717) is 55.7 Å². The molecule has 0 fully saturated rings. The molecular formula is C51H89N15O11S2. The van der Waals surface area contributed by atoms with Crippen molar-refractivity contribution in [2.75, 3.05) is 50.3 Å². The van der Waals surface area contributed by atoms with Gasteiger partial charge in [0, 0.05) is 19.9 Å². The Labute approximate surface area is 472 Å². The number of benzene rings is 1. The lowest BCUT2D eigenvalue weighted by Gasteiger charge is -2.28. The van der Waals surface area contributed by atoms with Gasteiger partial charge < -0.3 is 81.6 Å². The van der Waals surface area contributed by atoms with Crippen LogP contribution >= 0.6 is 23.5 Å². The molecular weight excluding hydrogens is 1060 g/mol. The van der Waals surface area contributed by atoms with Crippen molar-refractivity contribution in [2.24, 2.45) is 39.6 Å². The van der Waals surface area contributed by atoms with Crippen molar-refractivity contribution in [1.82, 2.24) is 47.9 Å². The van der Waals surface area contributed by atoms with Crippen molar-refractivity contribution < 1.29 is 53.1 Å². The fraction of sp³-hybridized carbons (Fsp3) is 0.667. The van der Waals surface area contributed by atoms with E-state index in [9.17, 15) is 53.1 Å². The molecule has 28 heteroatoms. The minimum absolute atomic E-state index is 0.0456. The van der Waals surface area contributed by atoms with E-state index in [0.717, 1.165) is 0 Å². The summed E-state index contributed by atoms with van der Waals surface area (Å²) in [5, 5.41) is 33.9. The Bertz CT molecular complexity index is 2130. The second kappa shape index (κ2) is 40.0. The van der Waals surface area contributed by atoms with Crippen LogP contribution in [0.1, 0.15) is 104 Å². The number of nitrogens with one attached hydrogen (secondary N) is 9. The van der Waals surface area contributed by atoms with E-state index in [1.165, 1.54) is 37.4 Å². The van der Waals surface area contributed by atoms with Crippen LogP contribution in [0.15, 0.2) is 35.3 Å². The number of nitrogens with zero attached hydrogens (tertiary/aromatic N) is 1. The highest BCUT2D eigenvalue weighted by Crippen LogP contribution is 2.12. The molecule has 10 atom stereocenters. The molecule has 0 unspecified atom stereocenters. The third-order valence-corrected chi connectivity index (χ3v) is 13.9. The lowest BCUT2D eigenvalue weighted by Crippen LogP contribution is -2.61. The van der Waals surface area contributed by atoms with E-state index >= 15 is 0 Å². The van der Waals surface area contributed by atoms with Crippen molar-refractivity contribution >= 4 is 88.6 Å². The number of hydrogen-bond donors (Lipinski definition) is 15. The number of carbonyl (C=O) groups is 10. The molecule has 20 N–H and O–H groups in total. The summed E-state index contributed by atoms with van der Waals surface area (Å²) in [4.78, 5) is 139. The zero-order chi connectivity index (χ0) is 59.5. The molecule has 0 radical (unpaired) electrons. The second-order valence-electron chi connectivity index (χ2n) is 19.1. The number of rotatable bonds is 41. The molecule has 10 amide bonds. The molecule has 0 saturated heterocycles. The van der Waals surface area contributed by atoms with E-state index in [-0.39, 0.29) is 69.9 Å². The average Bonchev–Trinajstić information content (AvgIpc) is 3.41. The van der Waals surface area contributed by atoms with Gasteiger partial charge in [0.05, 0.1) is 6.61 Å². The van der Waals surface area contributed by atoms with Gasteiger partial charge in [-0.15, -0.1) is 0 Å². The number of aliphatic hydroxyl groups is 1. The maximum Gasteiger partial charge on any atom is 0.245 e. The highest BCUT2D eigenvalue weighted by molar-refractivity contribution is 7.98. The predicted molar refractivity (Wildman–Crippen MR) is 306 cm³/mol. The number of guanidine groups is 1. The number of nitrogens with two attached hydrogens (primary N) is 5. The Morgan fingerprint density at radius 1 is 0.532 bits per heavy atom. The molecule has 0 saturated carbocycles. The van der Waals surface area contributed by atoms with Gasteiger partial charge in [0.1, 0.15) is 54.4 Å². The van der Waals surface area contributed by atoms with Crippen LogP contribution in [0.4, 0.5) is 0 Å². The second-order valence-corrected chi connectivity index (χ2v) is 21.0. The smallest absolute Gasteiger partial charge is 0.245 e. The molecule has 79 heavy (non-hydrogen) atoms. The summed E-state index contributed by atoms with van der Waals surface area (Å²) in [7, 11) is 0. The van der Waals surface area contributed by atoms with Gasteiger partial charge in [0.25, 0.3) is 0 Å². The van der Waals surface area contributed by atoms with Crippen LogP contribution in [-0.4, -0.2) is 175 Å². The van der Waals surface area contributed by atoms with Gasteiger partial charge in [0.15, 0.2) is 5.96 Å². The Morgan fingerprint density at radius 3 is 1.39 bits per heavy atom. The van der Waals surface area contributed by atoms with E-state index < -0.39 is 120 Å². The summed E-state index contributed by atoms with van der Waals surface area (Å²) < 4.78 is 0. The number of primary amides is 1. The third kappa shape index (κ3) is 28.5. The standard InChI is InChI=1S/C51H89N15O11S2/c1-7-30(2)41(59-32(4)68)50(77)58-31(3)43(70)61-37(21-26-78-5)47(74)65-39(28-33-16-9-8-10-17-33)48(75)63-35(19-12-14-24-53)44(71)64-38(22-27-79-6)46(73)62-36(20-15-25-57-51(55)56)45(72)66-40(29-67)49(76)60-34(42(54)69)18-11-13-23-52/h8-10,16-17,30-31,34-41,67H,7,11-15,18-29,52-53H2,1-6H3,(H2,54,69)(H,58,77)(H,59,68)(H,60,76)(H,61,70)(H,62,73)(H,63,75)(H,64,71)(H,65,74)(H,66,72)(H4,55,56,57)/t30-,31-,34-,35-,36-,37-,38-,39-,40-,41-/m0/s1. The number of aliphatic imine (C=N–C) groups is 1. The molecule has 26 nitrogen and oxygen atoms in total. The number of thioether (sulfide) groups is 2. The number of hydrogen-bond acceptors (Lipinski definition) is 16. The average molecular weight is 1150 g/mol. The minimum Gasteiger partial charge on any atom is -0.394 e. The molecule has 1 aromatic carbocycles. The molecule has 0 spiro atoms. The first-order valence-corrected chi connectivity index (χ1v) is 29.4. The SMILES string of the molecule is CC[C@H](C)[C@H](NC(C)=O)C(=O)N[C@@H](C)C(=O)N[C@@H](CCSC)C(=O)N[C@@H](Cc1ccccc1)C(=O)N[C@@H](CCCCN)C(=O)N[C@@H](CCSC)C(=O)N[C@@H](CCCN=C(N)N)C(=O)N[C@@H](CO)C(=O)N[C@@H](CCCCN)C(N)=O. The van der Waals surface area contributed by atoms with Crippen molar-refractivity contribution in [2.45, 2.75) is 159 Å². The zero-order valence-corrected chi connectivity index (χ0v) is 48.2. The lowest BCUT2D eigenvalue weighted by molar-refractivity contribution is -0.136. The first-order chi connectivity index (χ1) is 37.6. The fourth-order valence-corrected chi connectivity index (χ4v) is 8.74. The zero-order valence-electron chi connectivity index (χ0n) is 46.6. The molecule has 0 bridgehead atoms. The van der Waals surface area contributed by atoms with Crippen molar-refractivity contribution in [3.63, 3.8) is 0 Å². The van der Waals surface area contributed by atoms with Gasteiger partial charge in [0.2, 0.25) is 59.1 Å². The largest absolute Gasteiger partial charge is 0.394 e. The molecule has 0 aliphatic carbocycles. The van der Waals surface area contributed by atoms with Crippen LogP contribution in [0.5, 0.6) is 0 Å². The quantitative estimate of drug-likeness (QED) is 0.0176. The summed E-state index contributed by atoms with van der Waals surface area (Å²) in [6.07, 6.45) is 6.41. The topological polar surface area (TPSA) is 442 Å². The molecule has 1 aromatic rings. The summed E-state index contributed by atoms with van der Waals surface area (Å²) in [5.41, 5.74) is 28.5. The van der Waals surface area contributed by atoms with Crippen LogP contribution in [0, 0.1) is 5.92 Å². The first kappa shape index (κ1) is 70.8. The van der Waals surface area contributed by atoms with Crippen molar-refractivity contribution in [3.8, 4) is 0 Å². The number of aliphatic hydroxyl groups excluding tert-OH is 1. The molecule has 0 aromatic heterocycles. The van der Waals surface area contributed by atoms with Crippen LogP contribution in [0.3, 0.4) is 0 Å². The molecule has 0 aliphatic heterocycles. The fourth-order valence-electron chi connectivity index (χ4n) is 7.79. The molecule has 1 rings (SSSR count). The maximum atomic E-state index is 14.5. The number of carbonyl (C=O) groups excluding carboxylic acids is 10. The monoisotopic (exact) mass is 1150 g/mol. The lowest BCUT2D eigenvalue weighted by atomic mass is 9.98. The van der Waals surface area contributed by atoms with Crippen molar-refractivity contribution in [1.29, 1.82) is 0 Å². The van der Waals surface area contributed by atoms with Crippen LogP contribution in [-0.2, 0) is 54.4 Å². The van der Waals surface area contributed by atoms with Gasteiger partial charge in [-0.05, 0) is 120 Å². The highest BCUT2D eigenvalue weighted by atomic mass is 32.2. The molecule has 446 valence electrons.